The van der Waals surface area contributed by atoms with E-state index in [0.717, 1.165) is 6.92 Å². The van der Waals surface area contributed by atoms with Crippen molar-refractivity contribution < 1.29 is 27.0 Å². The zero-order chi connectivity index (χ0) is 3.58. The van der Waals surface area contributed by atoms with Crippen molar-refractivity contribution in [2.24, 2.45) is 0 Å². The van der Waals surface area contributed by atoms with E-state index < -0.39 is 5.97 Å². The summed E-state index contributed by atoms with van der Waals surface area (Å²) in [5, 5.41) is 8.89. The first-order valence-electron chi connectivity index (χ1n) is 0.908. The van der Waals surface area contributed by atoms with Crippen molar-refractivity contribution in [3.05, 3.63) is 0 Å². The van der Waals surface area contributed by atoms with Crippen LogP contribution in [0.15, 0.2) is 0 Å². The van der Waals surface area contributed by atoms with Crippen LogP contribution in [0.5, 0.6) is 0 Å². The number of hydrogen-bond acceptors (Lipinski definition) is 2. The summed E-state index contributed by atoms with van der Waals surface area (Å²) in [7, 11) is 0. The summed E-state index contributed by atoms with van der Waals surface area (Å²) in [6, 6.07) is 0. The maximum Gasteiger partial charge on any atom is 1.00 e. The predicted octanol–water partition coefficient (Wildman–Crippen LogP) is -1.25. The second-order valence-corrected chi connectivity index (χ2v) is 0.492. The van der Waals surface area contributed by atoms with Gasteiger partial charge in [0.05, 0.1) is 0 Å². The van der Waals surface area contributed by atoms with Crippen molar-refractivity contribution >= 4 is 5.97 Å². The van der Waals surface area contributed by atoms with E-state index >= 15 is 0 Å². The second-order valence-electron chi connectivity index (χ2n) is 0.492. The molecule has 0 heterocycles. The number of rotatable bonds is 0. The van der Waals surface area contributed by atoms with Crippen LogP contribution >= 0.6 is 0 Å². The van der Waals surface area contributed by atoms with Crippen LogP contribution in [0, 0.1) is 0 Å². The standard InChI is InChI=1S/C2H4O2.Mn/c1-2(3)4;/h1H3,(H,3,4);/q;+1/p-1. The molecule has 0 aromatic rings. The third-order valence-electron chi connectivity index (χ3n) is 0. The minimum absolute atomic E-state index is 0. The Bertz CT molecular complexity index is 30.6. The zero-order valence-corrected chi connectivity index (χ0v) is 3.87. The van der Waals surface area contributed by atoms with Crippen molar-refractivity contribution in [1.29, 1.82) is 0 Å². The Labute approximate surface area is 40.7 Å². The van der Waals surface area contributed by atoms with Crippen LogP contribution in [0.1, 0.15) is 6.92 Å². The topological polar surface area (TPSA) is 40.1 Å². The molecular formula is C2H3MnO2. The molecule has 0 radical (unpaired) electrons. The first kappa shape index (κ1) is 8.89. The monoisotopic (exact) mass is 114 g/mol. The summed E-state index contributed by atoms with van der Waals surface area (Å²) in [4.78, 5) is 8.89. The molecule has 0 saturated heterocycles. The molecule has 30 valence electrons. The largest absolute Gasteiger partial charge is 1.00 e. The fourth-order valence-electron chi connectivity index (χ4n) is 0. The van der Waals surface area contributed by atoms with Crippen molar-refractivity contribution in [2.75, 3.05) is 0 Å². The molecule has 0 unspecified atom stereocenters. The Morgan fingerprint density at radius 2 is 1.80 bits per heavy atom. The SMILES string of the molecule is CC(=O)[O-].[Mn+]. The Kier molecular flexibility index (Phi) is 7.09. The summed E-state index contributed by atoms with van der Waals surface area (Å²) in [6.45, 7) is 0.972. The molecule has 0 N–H and O–H groups in total. The molecule has 0 aromatic carbocycles. The normalized spacial score (nSPS) is 5.00. The summed E-state index contributed by atoms with van der Waals surface area (Å²) < 4.78 is 0. The van der Waals surface area contributed by atoms with Gasteiger partial charge in [0.15, 0.2) is 0 Å². The van der Waals surface area contributed by atoms with Crippen LogP contribution in [0.2, 0.25) is 0 Å². The van der Waals surface area contributed by atoms with E-state index in [1.54, 1.807) is 0 Å². The average molecular weight is 114 g/mol. The van der Waals surface area contributed by atoms with Gasteiger partial charge in [0, 0.05) is 5.97 Å². The van der Waals surface area contributed by atoms with Crippen LogP contribution < -0.4 is 5.11 Å². The molecule has 0 aromatic heterocycles. The molecule has 2 nitrogen and oxygen atoms in total. The minimum atomic E-state index is -1.08. The van der Waals surface area contributed by atoms with Gasteiger partial charge in [0.2, 0.25) is 0 Å². The maximum absolute atomic E-state index is 8.89. The van der Waals surface area contributed by atoms with Crippen molar-refractivity contribution in [1.82, 2.24) is 0 Å². The van der Waals surface area contributed by atoms with Gasteiger partial charge in [0.1, 0.15) is 0 Å². The van der Waals surface area contributed by atoms with Crippen LogP contribution in [-0.4, -0.2) is 5.97 Å². The molecule has 0 spiro atoms. The molecular weight excluding hydrogens is 111 g/mol. The number of aliphatic carboxylic acids is 1. The fraction of sp³-hybridized carbons (Fsp3) is 0.500. The van der Waals surface area contributed by atoms with Crippen LogP contribution in [0.25, 0.3) is 0 Å². The van der Waals surface area contributed by atoms with Gasteiger partial charge in [-0.1, -0.05) is 0 Å². The molecule has 0 rings (SSSR count). The Hall–Kier alpha value is -0.0105. The van der Waals surface area contributed by atoms with Gasteiger partial charge in [-0.25, -0.2) is 0 Å². The van der Waals surface area contributed by atoms with Crippen molar-refractivity contribution in [2.45, 2.75) is 6.92 Å². The van der Waals surface area contributed by atoms with E-state index in [4.69, 9.17) is 9.90 Å². The molecule has 0 aliphatic rings. The van der Waals surface area contributed by atoms with Gasteiger partial charge in [-0.2, -0.15) is 0 Å². The number of carbonyl (C=O) groups excluding carboxylic acids is 1. The molecule has 0 aliphatic heterocycles. The summed E-state index contributed by atoms with van der Waals surface area (Å²) >= 11 is 0. The Morgan fingerprint density at radius 1 is 1.80 bits per heavy atom. The first-order valence-corrected chi connectivity index (χ1v) is 0.908. The van der Waals surface area contributed by atoms with Crippen molar-refractivity contribution in [3.8, 4) is 0 Å². The summed E-state index contributed by atoms with van der Waals surface area (Å²) in [5.41, 5.74) is 0. The van der Waals surface area contributed by atoms with Gasteiger partial charge in [-0.05, 0) is 6.92 Å². The molecule has 5 heavy (non-hydrogen) atoms. The predicted molar refractivity (Wildman–Crippen MR) is 10.7 cm³/mol. The minimum Gasteiger partial charge on any atom is -0.550 e. The molecule has 0 fully saturated rings. The molecule has 0 atom stereocenters. The molecule has 0 saturated carbocycles. The molecule has 0 aliphatic carbocycles. The number of carbonyl (C=O) groups is 1. The number of carboxylic acid groups (broad SMARTS) is 1. The van der Waals surface area contributed by atoms with E-state index in [1.807, 2.05) is 0 Å². The van der Waals surface area contributed by atoms with Gasteiger partial charge in [-0.3, -0.25) is 0 Å². The van der Waals surface area contributed by atoms with E-state index in [0.29, 0.717) is 0 Å². The maximum atomic E-state index is 8.89. The third-order valence-corrected chi connectivity index (χ3v) is 0. The van der Waals surface area contributed by atoms with Gasteiger partial charge < -0.3 is 9.90 Å². The number of carboxylic acids is 1. The van der Waals surface area contributed by atoms with E-state index in [1.165, 1.54) is 0 Å². The smallest absolute Gasteiger partial charge is 0.550 e. The Morgan fingerprint density at radius 3 is 1.80 bits per heavy atom. The third kappa shape index (κ3) is 143000. The summed E-state index contributed by atoms with van der Waals surface area (Å²) in [5.74, 6) is -1.08. The van der Waals surface area contributed by atoms with Crippen LogP contribution in [0.3, 0.4) is 0 Å². The van der Waals surface area contributed by atoms with E-state index in [-0.39, 0.29) is 17.1 Å². The van der Waals surface area contributed by atoms with Gasteiger partial charge in [-0.15, -0.1) is 0 Å². The molecule has 0 bridgehead atoms. The Balaban J connectivity index is 0. The van der Waals surface area contributed by atoms with E-state index in [9.17, 15) is 0 Å². The quantitative estimate of drug-likeness (QED) is 0.369. The average Bonchev–Trinajstić information content (AvgIpc) is 0.811. The van der Waals surface area contributed by atoms with E-state index in [2.05, 4.69) is 0 Å². The number of hydrogen-bond donors (Lipinski definition) is 0. The van der Waals surface area contributed by atoms with Crippen molar-refractivity contribution in [3.63, 3.8) is 0 Å². The van der Waals surface area contributed by atoms with Gasteiger partial charge in [0.25, 0.3) is 0 Å². The molecule has 0 amide bonds. The zero-order valence-electron chi connectivity index (χ0n) is 2.69. The fourth-order valence-corrected chi connectivity index (χ4v) is 0. The van der Waals surface area contributed by atoms with Crippen LogP contribution in [-0.2, 0) is 21.9 Å². The van der Waals surface area contributed by atoms with Gasteiger partial charge >= 0.3 is 17.1 Å². The first-order chi connectivity index (χ1) is 1.73. The second kappa shape index (κ2) is 3.99. The summed E-state index contributed by atoms with van der Waals surface area (Å²) in [6.07, 6.45) is 0. The molecule has 3 heteroatoms. The van der Waals surface area contributed by atoms with Crippen LogP contribution in [0.4, 0.5) is 0 Å².